The molecule has 1 heterocycles. The Morgan fingerprint density at radius 3 is 2.86 bits per heavy atom. The molecule has 0 amide bonds. The number of hydrogen-bond donors (Lipinski definition) is 0. The van der Waals surface area contributed by atoms with Crippen molar-refractivity contribution in [3.05, 3.63) is 42.9 Å². The van der Waals surface area contributed by atoms with Gasteiger partial charge in [-0.15, -0.1) is 0 Å². The van der Waals surface area contributed by atoms with E-state index < -0.39 is 0 Å². The Morgan fingerprint density at radius 2 is 2.14 bits per heavy atom. The van der Waals surface area contributed by atoms with Crippen molar-refractivity contribution in [2.45, 2.75) is 0 Å². The van der Waals surface area contributed by atoms with Crippen LogP contribution in [-0.4, -0.2) is 17.1 Å². The number of para-hydroxylation sites is 1. The predicted molar refractivity (Wildman–Crippen MR) is 52.9 cm³/mol. The first-order valence-electron chi connectivity index (χ1n) is 4.23. The van der Waals surface area contributed by atoms with Gasteiger partial charge in [-0.2, -0.15) is 0 Å². The number of rotatable bonds is 2. The van der Waals surface area contributed by atoms with E-state index in [0.29, 0.717) is 0 Å². The predicted octanol–water partition coefficient (Wildman–Crippen LogP) is 1.95. The average Bonchev–Trinajstić information content (AvgIpc) is 2.30. The smallest absolute Gasteiger partial charge is 0.128 e. The summed E-state index contributed by atoms with van der Waals surface area (Å²) in [6.07, 6.45) is 4.22. The molecule has 1 aromatic carbocycles. The molecule has 0 atom stereocenters. The molecule has 69 valence electrons. The minimum Gasteiger partial charge on any atom is -0.496 e. The lowest BCUT2D eigenvalue weighted by atomic mass is 10.1. The molecule has 0 aliphatic rings. The molecule has 2 rings (SSSR count). The lowest BCUT2D eigenvalue weighted by molar-refractivity contribution is 0.416. The third kappa shape index (κ3) is 1.57. The van der Waals surface area contributed by atoms with Crippen molar-refractivity contribution in [3.8, 4) is 17.0 Å². The number of benzene rings is 1. The molecule has 0 aliphatic heterocycles. The standard InChI is InChI=1S/C11H9N2O/c1-14-11-5-3-2-4-9(11)10-6-7-12-8-13-10/h2-6,8H,1H3. The summed E-state index contributed by atoms with van der Waals surface area (Å²) in [5.74, 6) is 0.805. The Kier molecular flexibility index (Phi) is 2.40. The van der Waals surface area contributed by atoms with Crippen LogP contribution < -0.4 is 4.74 Å². The molecule has 0 spiro atoms. The topological polar surface area (TPSA) is 35.0 Å². The molecule has 0 saturated carbocycles. The minimum absolute atomic E-state index is 0.805. The summed E-state index contributed by atoms with van der Waals surface area (Å²) in [5, 5.41) is 0. The number of aromatic nitrogens is 2. The van der Waals surface area contributed by atoms with E-state index in [1.54, 1.807) is 13.2 Å². The zero-order chi connectivity index (χ0) is 9.80. The number of nitrogens with zero attached hydrogens (tertiary/aromatic N) is 2. The van der Waals surface area contributed by atoms with E-state index in [1.165, 1.54) is 6.33 Å². The average molecular weight is 185 g/mol. The summed E-state index contributed by atoms with van der Waals surface area (Å²) >= 11 is 0. The Labute approximate surface area is 82.4 Å². The lowest BCUT2D eigenvalue weighted by Crippen LogP contribution is -1.89. The molecule has 1 radical (unpaired) electrons. The van der Waals surface area contributed by atoms with E-state index in [-0.39, 0.29) is 0 Å². The third-order valence-corrected chi connectivity index (χ3v) is 1.91. The molecule has 1 aromatic heterocycles. The fourth-order valence-corrected chi connectivity index (χ4v) is 1.26. The van der Waals surface area contributed by atoms with Crippen LogP contribution in [0, 0.1) is 6.20 Å². The van der Waals surface area contributed by atoms with Gasteiger partial charge in [-0.3, -0.25) is 0 Å². The van der Waals surface area contributed by atoms with Gasteiger partial charge in [0, 0.05) is 5.56 Å². The van der Waals surface area contributed by atoms with Gasteiger partial charge in [-0.05, 0) is 18.2 Å². The fourth-order valence-electron chi connectivity index (χ4n) is 1.26. The number of hydrogen-bond acceptors (Lipinski definition) is 3. The molecular formula is C11H9N2O. The normalized spacial score (nSPS) is 9.79. The molecule has 0 fully saturated rings. The van der Waals surface area contributed by atoms with E-state index in [4.69, 9.17) is 4.74 Å². The highest BCUT2D eigenvalue weighted by Crippen LogP contribution is 2.26. The summed E-state index contributed by atoms with van der Waals surface area (Å²) in [6.45, 7) is 0. The third-order valence-electron chi connectivity index (χ3n) is 1.91. The highest BCUT2D eigenvalue weighted by Gasteiger charge is 2.04. The maximum atomic E-state index is 5.23. The van der Waals surface area contributed by atoms with Crippen LogP contribution in [0.2, 0.25) is 0 Å². The van der Waals surface area contributed by atoms with Gasteiger partial charge in [0.1, 0.15) is 12.1 Å². The number of ether oxygens (including phenoxy) is 1. The van der Waals surface area contributed by atoms with Gasteiger partial charge >= 0.3 is 0 Å². The lowest BCUT2D eigenvalue weighted by Gasteiger charge is -2.06. The Morgan fingerprint density at radius 1 is 1.29 bits per heavy atom. The van der Waals surface area contributed by atoms with Crippen LogP contribution in [-0.2, 0) is 0 Å². The molecule has 0 unspecified atom stereocenters. The van der Waals surface area contributed by atoms with Crippen LogP contribution in [0.5, 0.6) is 5.75 Å². The first-order chi connectivity index (χ1) is 6.92. The van der Waals surface area contributed by atoms with E-state index in [1.807, 2.05) is 24.3 Å². The molecule has 3 heteroatoms. The van der Waals surface area contributed by atoms with Gasteiger partial charge in [-0.1, -0.05) is 12.1 Å². The summed E-state index contributed by atoms with van der Waals surface area (Å²) in [6, 6.07) is 9.46. The van der Waals surface area contributed by atoms with Gasteiger partial charge in [-0.25, -0.2) is 9.97 Å². The maximum absolute atomic E-state index is 5.23. The summed E-state index contributed by atoms with van der Waals surface area (Å²) < 4.78 is 5.23. The van der Waals surface area contributed by atoms with E-state index in [0.717, 1.165) is 17.0 Å². The second-order valence-corrected chi connectivity index (χ2v) is 2.73. The van der Waals surface area contributed by atoms with Gasteiger partial charge in [0.05, 0.1) is 19.0 Å². The fraction of sp³-hybridized carbons (Fsp3) is 0.0909. The minimum atomic E-state index is 0.805. The molecule has 0 aliphatic carbocycles. The summed E-state index contributed by atoms with van der Waals surface area (Å²) in [4.78, 5) is 7.88. The monoisotopic (exact) mass is 185 g/mol. The van der Waals surface area contributed by atoms with Crippen LogP contribution in [0.3, 0.4) is 0 Å². The molecule has 0 saturated heterocycles. The first-order valence-corrected chi connectivity index (χ1v) is 4.23. The van der Waals surface area contributed by atoms with Crippen LogP contribution >= 0.6 is 0 Å². The Bertz CT molecular complexity index is 415. The van der Waals surface area contributed by atoms with Crippen molar-refractivity contribution in [1.82, 2.24) is 9.97 Å². The molecule has 14 heavy (non-hydrogen) atoms. The van der Waals surface area contributed by atoms with Gasteiger partial charge < -0.3 is 4.74 Å². The quantitative estimate of drug-likeness (QED) is 0.717. The molecule has 0 N–H and O–H groups in total. The largest absolute Gasteiger partial charge is 0.496 e. The van der Waals surface area contributed by atoms with Crippen molar-refractivity contribution >= 4 is 0 Å². The van der Waals surface area contributed by atoms with Gasteiger partial charge in [0.2, 0.25) is 0 Å². The number of methoxy groups -OCH3 is 1. The van der Waals surface area contributed by atoms with Crippen molar-refractivity contribution in [3.63, 3.8) is 0 Å². The molecule has 0 bridgehead atoms. The zero-order valence-electron chi connectivity index (χ0n) is 7.77. The first kappa shape index (κ1) is 8.69. The van der Waals surface area contributed by atoms with Gasteiger partial charge in [0.15, 0.2) is 0 Å². The molecule has 2 aromatic rings. The van der Waals surface area contributed by atoms with Crippen LogP contribution in [0.15, 0.2) is 36.7 Å². The van der Waals surface area contributed by atoms with Gasteiger partial charge in [0.25, 0.3) is 0 Å². The zero-order valence-corrected chi connectivity index (χ0v) is 7.77. The summed E-state index contributed by atoms with van der Waals surface area (Å²) in [7, 11) is 1.64. The Balaban J connectivity index is 2.51. The van der Waals surface area contributed by atoms with E-state index in [9.17, 15) is 0 Å². The van der Waals surface area contributed by atoms with Crippen molar-refractivity contribution in [2.24, 2.45) is 0 Å². The van der Waals surface area contributed by atoms with E-state index >= 15 is 0 Å². The highest BCUT2D eigenvalue weighted by atomic mass is 16.5. The molecule has 3 nitrogen and oxygen atoms in total. The summed E-state index contributed by atoms with van der Waals surface area (Å²) in [5.41, 5.74) is 1.77. The highest BCUT2D eigenvalue weighted by molar-refractivity contribution is 5.66. The molecular weight excluding hydrogens is 176 g/mol. The van der Waals surface area contributed by atoms with Crippen molar-refractivity contribution in [2.75, 3.05) is 7.11 Å². The van der Waals surface area contributed by atoms with E-state index in [2.05, 4.69) is 16.2 Å². The Hall–Kier alpha value is -1.90. The van der Waals surface area contributed by atoms with Crippen LogP contribution in [0.4, 0.5) is 0 Å². The van der Waals surface area contributed by atoms with Crippen molar-refractivity contribution in [1.29, 1.82) is 0 Å². The second kappa shape index (κ2) is 3.87. The second-order valence-electron chi connectivity index (χ2n) is 2.73. The van der Waals surface area contributed by atoms with Crippen LogP contribution in [0.25, 0.3) is 11.3 Å². The SMILES string of the molecule is COc1ccccc1-c1c[c]ncn1. The van der Waals surface area contributed by atoms with Crippen molar-refractivity contribution < 1.29 is 4.74 Å². The maximum Gasteiger partial charge on any atom is 0.128 e. The van der Waals surface area contributed by atoms with Crippen LogP contribution in [0.1, 0.15) is 0 Å².